The summed E-state index contributed by atoms with van der Waals surface area (Å²) in [5.41, 5.74) is 0. The summed E-state index contributed by atoms with van der Waals surface area (Å²) in [5.74, 6) is -0.473. The summed E-state index contributed by atoms with van der Waals surface area (Å²) in [6.45, 7) is 4.31. The Morgan fingerprint density at radius 3 is 1.13 bits per heavy atom. The molecule has 70 heavy (non-hydrogen) atoms. The lowest BCUT2D eigenvalue weighted by atomic mass is 9.85. The van der Waals surface area contributed by atoms with Crippen molar-refractivity contribution in [3.8, 4) is 0 Å². The van der Waals surface area contributed by atoms with Crippen LogP contribution < -0.4 is 0 Å². The van der Waals surface area contributed by atoms with Gasteiger partial charge in [0, 0.05) is 13.0 Å². The normalized spacial score (nSPS) is 21.0. The Labute approximate surface area is 428 Å². The summed E-state index contributed by atoms with van der Waals surface area (Å²) in [5, 5.41) is 50.4. The van der Waals surface area contributed by atoms with Crippen LogP contribution in [0.5, 0.6) is 0 Å². The maximum atomic E-state index is 12.9. The topological polar surface area (TPSA) is 192 Å². The average molecular weight is 1020 g/mol. The number of carbonyl (C=O) groups is 1. The fraction of sp³-hybridized carbons (Fsp3) is 0.912. The van der Waals surface area contributed by atoms with Crippen molar-refractivity contribution < 1.29 is 58.3 Å². The number of aliphatic hydroxyl groups is 5. The lowest BCUT2D eigenvalue weighted by molar-refractivity contribution is -0.220. The highest BCUT2D eigenvalue weighted by Crippen LogP contribution is 2.47. The molecule has 0 bridgehead atoms. The summed E-state index contributed by atoms with van der Waals surface area (Å²) in [7, 11) is -5.02. The minimum Gasteiger partial charge on any atom is -0.457 e. The fourth-order valence-corrected chi connectivity index (χ4v) is 10.1. The molecule has 0 radical (unpaired) electrons. The summed E-state index contributed by atoms with van der Waals surface area (Å²) in [6, 6.07) is 0. The molecular formula is C57H109O12P. The minimum atomic E-state index is -5.02. The van der Waals surface area contributed by atoms with Gasteiger partial charge in [0.05, 0.1) is 13.2 Å². The third-order valence-corrected chi connectivity index (χ3v) is 14.8. The first kappa shape index (κ1) is 66.8. The van der Waals surface area contributed by atoms with Crippen LogP contribution in [0.2, 0.25) is 0 Å². The number of hydrogen-bond donors (Lipinski definition) is 6. The number of ether oxygens (including phenoxy) is 2. The zero-order valence-corrected chi connectivity index (χ0v) is 45.7. The van der Waals surface area contributed by atoms with E-state index in [0.29, 0.717) is 13.0 Å². The van der Waals surface area contributed by atoms with Gasteiger partial charge in [0.1, 0.15) is 42.7 Å². The zero-order valence-electron chi connectivity index (χ0n) is 44.8. The van der Waals surface area contributed by atoms with Gasteiger partial charge in [-0.15, -0.1) is 0 Å². The third-order valence-electron chi connectivity index (χ3n) is 13.8. The SMILES string of the molecule is CCCCCCCC/C=C\CCCCCCCCCCCCOCC(COP(=O)(O)OC1C(O)C(O)C(O)C(O)C1O)OC(=O)CCCCCCCCCCCCC/C=C\CCCCCCCCCC. The van der Waals surface area contributed by atoms with Crippen molar-refractivity contribution in [1.82, 2.24) is 0 Å². The van der Waals surface area contributed by atoms with Crippen LogP contribution >= 0.6 is 7.82 Å². The van der Waals surface area contributed by atoms with Crippen LogP contribution in [-0.4, -0.2) is 98.9 Å². The van der Waals surface area contributed by atoms with Gasteiger partial charge in [-0.05, 0) is 64.2 Å². The second-order valence-electron chi connectivity index (χ2n) is 20.5. The molecule has 13 heteroatoms. The van der Waals surface area contributed by atoms with E-state index in [-0.39, 0.29) is 13.0 Å². The molecule has 1 fully saturated rings. The Bertz CT molecular complexity index is 1250. The highest BCUT2D eigenvalue weighted by Gasteiger charge is 2.51. The molecule has 0 aromatic carbocycles. The number of carbonyl (C=O) groups excluding carboxylic acids is 1. The standard InChI is InChI=1S/C57H109O12P/c1-3-5-7-9-11-13-15-17-19-21-23-25-26-27-28-30-32-34-36-38-40-42-44-46-51(58)68-50(49-67-70(64,65)69-57-55(62)53(60)52(59)54(61)56(57)63)48-66-47-45-43-41-39-37-35-33-31-29-24-22-20-18-16-14-12-10-8-6-4-2/h18,20-21,23,50,52-57,59-63H,3-17,19,22,24-49H2,1-2H3,(H,64,65)/b20-18-,23-21-. The van der Waals surface area contributed by atoms with E-state index in [1.165, 1.54) is 205 Å². The molecule has 12 nitrogen and oxygen atoms in total. The van der Waals surface area contributed by atoms with Crippen LogP contribution in [0.1, 0.15) is 271 Å². The number of hydrogen-bond acceptors (Lipinski definition) is 11. The van der Waals surface area contributed by atoms with Crippen molar-refractivity contribution >= 4 is 13.8 Å². The summed E-state index contributed by atoms with van der Waals surface area (Å²) in [4.78, 5) is 23.3. The van der Waals surface area contributed by atoms with Crippen molar-refractivity contribution in [3.05, 3.63) is 24.3 Å². The van der Waals surface area contributed by atoms with Gasteiger partial charge < -0.3 is 39.9 Å². The molecule has 1 saturated carbocycles. The van der Waals surface area contributed by atoms with Crippen molar-refractivity contribution in [2.24, 2.45) is 0 Å². The van der Waals surface area contributed by atoms with Crippen LogP contribution in [0.4, 0.5) is 0 Å². The molecule has 0 aromatic rings. The van der Waals surface area contributed by atoms with E-state index in [1.807, 2.05) is 0 Å². The van der Waals surface area contributed by atoms with Crippen LogP contribution in [0.25, 0.3) is 0 Å². The summed E-state index contributed by atoms with van der Waals surface area (Å²) in [6.07, 6.45) is 45.3. The summed E-state index contributed by atoms with van der Waals surface area (Å²) >= 11 is 0. The van der Waals surface area contributed by atoms with Gasteiger partial charge in [-0.1, -0.05) is 224 Å². The van der Waals surface area contributed by atoms with Crippen LogP contribution in [-0.2, 0) is 27.9 Å². The predicted octanol–water partition coefficient (Wildman–Crippen LogP) is 14.0. The van der Waals surface area contributed by atoms with Crippen molar-refractivity contribution in [1.29, 1.82) is 0 Å². The van der Waals surface area contributed by atoms with Crippen molar-refractivity contribution in [2.75, 3.05) is 19.8 Å². The van der Waals surface area contributed by atoms with Gasteiger partial charge in [0.25, 0.3) is 0 Å². The smallest absolute Gasteiger partial charge is 0.457 e. The molecule has 0 heterocycles. The molecule has 414 valence electrons. The second-order valence-corrected chi connectivity index (χ2v) is 21.9. The molecular weight excluding hydrogens is 908 g/mol. The number of unbranched alkanes of at least 4 members (excludes halogenated alkanes) is 35. The number of phosphoric acid groups is 1. The minimum absolute atomic E-state index is 0.0740. The quantitative estimate of drug-likeness (QED) is 0.0146. The van der Waals surface area contributed by atoms with E-state index in [0.717, 1.165) is 38.5 Å². The van der Waals surface area contributed by atoms with E-state index >= 15 is 0 Å². The third kappa shape index (κ3) is 38.4. The molecule has 0 amide bonds. The van der Waals surface area contributed by atoms with Gasteiger partial charge in [0.2, 0.25) is 0 Å². The molecule has 1 aliphatic carbocycles. The predicted molar refractivity (Wildman–Crippen MR) is 286 cm³/mol. The molecule has 6 N–H and O–H groups in total. The molecule has 6 atom stereocenters. The molecule has 0 spiro atoms. The zero-order chi connectivity index (χ0) is 51.2. The number of rotatable bonds is 51. The first-order chi connectivity index (χ1) is 34.0. The van der Waals surface area contributed by atoms with Crippen molar-refractivity contribution in [2.45, 2.75) is 313 Å². The van der Waals surface area contributed by atoms with Gasteiger partial charge >= 0.3 is 13.8 Å². The van der Waals surface area contributed by atoms with Crippen LogP contribution in [0, 0.1) is 0 Å². The lowest BCUT2D eigenvalue weighted by Crippen LogP contribution is -2.64. The Balaban J connectivity index is 2.27. The van der Waals surface area contributed by atoms with E-state index < -0.39 is 63.1 Å². The van der Waals surface area contributed by atoms with Gasteiger partial charge in [0.15, 0.2) is 0 Å². The van der Waals surface area contributed by atoms with E-state index in [9.17, 15) is 39.8 Å². The Kier molecular flexibility index (Phi) is 45.4. The largest absolute Gasteiger partial charge is 0.472 e. The number of esters is 1. The average Bonchev–Trinajstić information content (AvgIpc) is 3.35. The monoisotopic (exact) mass is 1020 g/mol. The van der Waals surface area contributed by atoms with Crippen LogP contribution in [0.15, 0.2) is 24.3 Å². The van der Waals surface area contributed by atoms with Gasteiger partial charge in [-0.2, -0.15) is 0 Å². The molecule has 0 aromatic heterocycles. The highest BCUT2D eigenvalue weighted by atomic mass is 31.2. The number of allylic oxidation sites excluding steroid dienone is 4. The molecule has 6 unspecified atom stereocenters. The Morgan fingerprint density at radius 2 is 0.757 bits per heavy atom. The van der Waals surface area contributed by atoms with E-state index in [2.05, 4.69) is 38.2 Å². The molecule has 1 rings (SSSR count). The molecule has 0 saturated heterocycles. The Morgan fingerprint density at radius 1 is 0.443 bits per heavy atom. The first-order valence-electron chi connectivity index (χ1n) is 29.2. The Hall–Kier alpha value is -1.18. The molecule has 1 aliphatic rings. The number of phosphoric ester groups is 1. The molecule has 0 aliphatic heterocycles. The van der Waals surface area contributed by atoms with Crippen LogP contribution in [0.3, 0.4) is 0 Å². The van der Waals surface area contributed by atoms with Crippen molar-refractivity contribution in [3.63, 3.8) is 0 Å². The summed E-state index contributed by atoms with van der Waals surface area (Å²) < 4.78 is 34.4. The number of aliphatic hydroxyl groups excluding tert-OH is 5. The maximum Gasteiger partial charge on any atom is 0.472 e. The van der Waals surface area contributed by atoms with Gasteiger partial charge in [-0.3, -0.25) is 13.8 Å². The lowest BCUT2D eigenvalue weighted by Gasteiger charge is -2.41. The van der Waals surface area contributed by atoms with E-state index in [1.54, 1.807) is 0 Å². The fourth-order valence-electron chi connectivity index (χ4n) is 9.17. The van der Waals surface area contributed by atoms with E-state index in [4.69, 9.17) is 18.5 Å². The first-order valence-corrected chi connectivity index (χ1v) is 30.7. The maximum absolute atomic E-state index is 12.9. The van der Waals surface area contributed by atoms with Gasteiger partial charge in [-0.25, -0.2) is 4.57 Å². The highest BCUT2D eigenvalue weighted by molar-refractivity contribution is 7.47. The second kappa shape index (κ2) is 47.5.